The van der Waals surface area contributed by atoms with E-state index in [1.54, 1.807) is 16.6 Å². The molecule has 3 heterocycles. The van der Waals surface area contributed by atoms with Crippen LogP contribution in [0.4, 0.5) is 5.82 Å². The number of methoxy groups -OCH3 is 1. The molecule has 1 fully saturated rings. The number of carbonyl (C=O) groups is 2. The van der Waals surface area contributed by atoms with E-state index in [-0.39, 0.29) is 40.7 Å². The zero-order valence-corrected chi connectivity index (χ0v) is 22.8. The second-order valence-corrected chi connectivity index (χ2v) is 10.7. The number of imidazole rings is 1. The fraction of sp³-hybridized carbons (Fsp3) is 0.440. The Kier molecular flexibility index (Phi) is 7.82. The third-order valence-corrected chi connectivity index (χ3v) is 6.89. The van der Waals surface area contributed by atoms with Crippen molar-refractivity contribution < 1.29 is 14.3 Å². The van der Waals surface area contributed by atoms with Gasteiger partial charge in [-0.2, -0.15) is 5.10 Å². The number of ether oxygens (including phenoxy) is 1. The van der Waals surface area contributed by atoms with Crippen molar-refractivity contribution in [3.63, 3.8) is 0 Å². The first-order chi connectivity index (χ1) is 17.5. The Hall–Kier alpha value is -3.08. The molecular weight excluding hydrogens is 517 g/mol. The fourth-order valence-electron chi connectivity index (χ4n) is 4.28. The summed E-state index contributed by atoms with van der Waals surface area (Å²) in [5, 5.41) is 15.3. The lowest BCUT2D eigenvalue weighted by atomic mass is 9.86. The van der Waals surface area contributed by atoms with Crippen molar-refractivity contribution in [1.82, 2.24) is 30.0 Å². The van der Waals surface area contributed by atoms with Gasteiger partial charge in [0.15, 0.2) is 11.0 Å². The Morgan fingerprint density at radius 2 is 2.03 bits per heavy atom. The number of carbonyl (C=O) groups excluding carboxylic acids is 2. The van der Waals surface area contributed by atoms with E-state index < -0.39 is 0 Å². The molecule has 0 unspecified atom stereocenters. The van der Waals surface area contributed by atoms with Gasteiger partial charge in [-0.05, 0) is 29.2 Å². The van der Waals surface area contributed by atoms with Gasteiger partial charge in [0.25, 0.3) is 5.91 Å². The Morgan fingerprint density at radius 3 is 2.68 bits per heavy atom. The Bertz CT molecular complexity index is 1340. The van der Waals surface area contributed by atoms with Crippen LogP contribution in [0.15, 0.2) is 24.8 Å². The summed E-state index contributed by atoms with van der Waals surface area (Å²) in [5.74, 6) is 0.683. The van der Waals surface area contributed by atoms with Crippen LogP contribution in [0.3, 0.4) is 0 Å². The van der Waals surface area contributed by atoms with Gasteiger partial charge in [0.2, 0.25) is 5.91 Å². The molecule has 10 nitrogen and oxygen atoms in total. The van der Waals surface area contributed by atoms with E-state index in [1.165, 1.54) is 6.08 Å². The predicted molar refractivity (Wildman–Crippen MR) is 144 cm³/mol. The molecule has 2 amide bonds. The lowest BCUT2D eigenvalue weighted by Gasteiger charge is -2.38. The minimum atomic E-state index is -0.356. The van der Waals surface area contributed by atoms with Crippen LogP contribution in [0, 0.1) is 0 Å². The molecule has 2 aromatic heterocycles. The summed E-state index contributed by atoms with van der Waals surface area (Å²) < 4.78 is 6.99. The Balaban J connectivity index is 1.54. The number of H-pyrrole nitrogens is 1. The predicted octanol–water partition coefficient (Wildman–Crippen LogP) is 3.75. The molecule has 198 valence electrons. The molecule has 37 heavy (non-hydrogen) atoms. The molecule has 0 bridgehead atoms. The largest absolute Gasteiger partial charge is 0.383 e. The number of likely N-dealkylation sites (tertiary alicyclic amines) is 1. The summed E-state index contributed by atoms with van der Waals surface area (Å²) in [5.41, 5.74) is 1.94. The highest BCUT2D eigenvalue weighted by atomic mass is 35.5. The quantitative estimate of drug-likeness (QED) is 0.351. The molecule has 1 saturated heterocycles. The number of fused-ring (bicyclic) bond motifs is 1. The normalized spacial score (nSPS) is 14.1. The van der Waals surface area contributed by atoms with Gasteiger partial charge < -0.3 is 24.8 Å². The first kappa shape index (κ1) is 27.0. The standard InChI is InChI=1S/C25H31Cl2N7O3/c1-6-20(35)33-12-14(13-33)29-24(36)21-22(27)30-19(34(21)7-8-37-5)11-28-23-15-9-16(25(2,3)4)17(26)10-18(15)31-32-23/h6,9-10,14H,1,7-8,11-13H2,2-5H3,(H,29,36)(H2,28,31,32). The first-order valence-corrected chi connectivity index (χ1v) is 12.7. The van der Waals surface area contributed by atoms with Gasteiger partial charge in [0.05, 0.1) is 24.7 Å². The number of hydrogen-bond acceptors (Lipinski definition) is 6. The van der Waals surface area contributed by atoms with Crippen molar-refractivity contribution in [2.24, 2.45) is 0 Å². The molecule has 1 aliphatic heterocycles. The second-order valence-electron chi connectivity index (χ2n) is 9.98. The smallest absolute Gasteiger partial charge is 0.271 e. The van der Waals surface area contributed by atoms with E-state index in [0.29, 0.717) is 42.9 Å². The van der Waals surface area contributed by atoms with E-state index in [1.807, 2.05) is 12.1 Å². The Morgan fingerprint density at radius 1 is 1.30 bits per heavy atom. The number of amides is 2. The van der Waals surface area contributed by atoms with Crippen molar-refractivity contribution in [2.45, 2.75) is 45.3 Å². The highest BCUT2D eigenvalue weighted by Gasteiger charge is 2.32. The summed E-state index contributed by atoms with van der Waals surface area (Å²) in [6, 6.07) is 3.74. The maximum Gasteiger partial charge on any atom is 0.271 e. The van der Waals surface area contributed by atoms with Gasteiger partial charge in [-0.1, -0.05) is 50.6 Å². The van der Waals surface area contributed by atoms with E-state index in [0.717, 1.165) is 16.5 Å². The minimum Gasteiger partial charge on any atom is -0.383 e. The van der Waals surface area contributed by atoms with E-state index in [4.69, 9.17) is 27.9 Å². The fourth-order valence-corrected chi connectivity index (χ4v) is 5.02. The van der Waals surface area contributed by atoms with Crippen LogP contribution in [-0.4, -0.2) is 69.3 Å². The summed E-state index contributed by atoms with van der Waals surface area (Å²) in [6.45, 7) is 11.7. The average molecular weight is 548 g/mol. The SMILES string of the molecule is C=CC(=O)N1CC(NC(=O)c2c(Cl)nc(CNc3n[nH]c4cc(Cl)c(C(C)(C)C)cc34)n2CCOC)C1. The van der Waals surface area contributed by atoms with Gasteiger partial charge in [-0.15, -0.1) is 0 Å². The molecule has 1 aliphatic rings. The number of rotatable bonds is 9. The number of benzene rings is 1. The highest BCUT2D eigenvalue weighted by molar-refractivity contribution is 6.32. The number of hydrogen-bond donors (Lipinski definition) is 3. The third-order valence-electron chi connectivity index (χ3n) is 6.31. The number of anilines is 1. The van der Waals surface area contributed by atoms with Crippen molar-refractivity contribution in [3.8, 4) is 0 Å². The first-order valence-electron chi connectivity index (χ1n) is 11.9. The summed E-state index contributed by atoms with van der Waals surface area (Å²) in [6.07, 6.45) is 1.26. The topological polar surface area (TPSA) is 117 Å². The van der Waals surface area contributed by atoms with Crippen LogP contribution in [0.2, 0.25) is 10.2 Å². The summed E-state index contributed by atoms with van der Waals surface area (Å²) in [7, 11) is 1.59. The van der Waals surface area contributed by atoms with Crippen molar-refractivity contribution in [1.29, 1.82) is 0 Å². The molecule has 0 radical (unpaired) electrons. The van der Waals surface area contributed by atoms with Crippen LogP contribution >= 0.6 is 23.2 Å². The van der Waals surface area contributed by atoms with Gasteiger partial charge in [-0.3, -0.25) is 14.7 Å². The third kappa shape index (κ3) is 5.61. The summed E-state index contributed by atoms with van der Waals surface area (Å²) in [4.78, 5) is 30.9. The van der Waals surface area contributed by atoms with Gasteiger partial charge in [0, 0.05) is 37.2 Å². The Labute approximate surface area is 225 Å². The van der Waals surface area contributed by atoms with E-state index in [2.05, 4.69) is 53.2 Å². The maximum absolute atomic E-state index is 13.1. The molecule has 0 saturated carbocycles. The van der Waals surface area contributed by atoms with Crippen LogP contribution in [-0.2, 0) is 28.0 Å². The van der Waals surface area contributed by atoms with Gasteiger partial charge in [-0.25, -0.2) is 4.98 Å². The van der Waals surface area contributed by atoms with Crippen molar-refractivity contribution >= 4 is 51.7 Å². The monoisotopic (exact) mass is 547 g/mol. The lowest BCUT2D eigenvalue weighted by Crippen LogP contribution is -2.60. The molecule has 0 atom stereocenters. The average Bonchev–Trinajstić information content (AvgIpc) is 3.35. The maximum atomic E-state index is 13.1. The van der Waals surface area contributed by atoms with Crippen molar-refractivity contribution in [3.05, 3.63) is 52.0 Å². The number of halogens is 2. The van der Waals surface area contributed by atoms with Gasteiger partial charge >= 0.3 is 0 Å². The molecular formula is C25H31Cl2N7O3. The second kappa shape index (κ2) is 10.7. The van der Waals surface area contributed by atoms with E-state index in [9.17, 15) is 9.59 Å². The molecule has 4 rings (SSSR count). The number of nitrogens with zero attached hydrogens (tertiary/aromatic N) is 4. The van der Waals surface area contributed by atoms with Crippen LogP contribution < -0.4 is 10.6 Å². The van der Waals surface area contributed by atoms with Crippen LogP contribution in [0.5, 0.6) is 0 Å². The highest BCUT2D eigenvalue weighted by Crippen LogP contribution is 2.34. The van der Waals surface area contributed by atoms with Crippen LogP contribution in [0.25, 0.3) is 10.9 Å². The zero-order valence-electron chi connectivity index (χ0n) is 21.3. The molecule has 12 heteroatoms. The number of nitrogens with one attached hydrogen (secondary N) is 3. The molecule has 3 aromatic rings. The van der Waals surface area contributed by atoms with Crippen molar-refractivity contribution in [2.75, 3.05) is 32.1 Å². The molecule has 0 aliphatic carbocycles. The lowest BCUT2D eigenvalue weighted by molar-refractivity contribution is -0.130. The molecule has 0 spiro atoms. The molecule has 1 aromatic carbocycles. The number of aromatic amines is 1. The minimum absolute atomic E-state index is 0.0948. The molecule has 3 N–H and O–H groups in total. The number of aromatic nitrogens is 4. The van der Waals surface area contributed by atoms with Gasteiger partial charge in [0.1, 0.15) is 11.5 Å². The van der Waals surface area contributed by atoms with Crippen LogP contribution in [0.1, 0.15) is 42.6 Å². The summed E-state index contributed by atoms with van der Waals surface area (Å²) >= 11 is 12.9. The van der Waals surface area contributed by atoms with E-state index >= 15 is 0 Å². The zero-order chi connectivity index (χ0) is 26.9.